The molecule has 1 heterocycles. The number of hydrogen-bond acceptors (Lipinski definition) is 4. The van der Waals surface area contributed by atoms with Crippen LogP contribution in [-0.4, -0.2) is 58.0 Å². The second kappa shape index (κ2) is 8.73. The summed E-state index contributed by atoms with van der Waals surface area (Å²) in [5, 5.41) is 3.46. The standard InChI is InChI=1S/C15H30N2O3S/c1-5-21(19)12-9-16-13-7-6-10-17(11-8-13)14(18)20-15(2,3)4/h13,16H,5-12H2,1-4H3. The number of nitrogens with one attached hydrogen (secondary N) is 1. The summed E-state index contributed by atoms with van der Waals surface area (Å²) in [6, 6.07) is 0.409. The zero-order chi connectivity index (χ0) is 15.9. The van der Waals surface area contributed by atoms with Gasteiger partial charge >= 0.3 is 6.09 Å². The van der Waals surface area contributed by atoms with E-state index in [1.807, 2.05) is 27.7 Å². The molecule has 2 unspecified atom stereocenters. The van der Waals surface area contributed by atoms with Crippen LogP contribution in [0.4, 0.5) is 4.79 Å². The molecule has 1 aliphatic heterocycles. The first-order chi connectivity index (χ1) is 9.81. The Morgan fingerprint density at radius 1 is 1.33 bits per heavy atom. The van der Waals surface area contributed by atoms with Crippen molar-refractivity contribution >= 4 is 16.9 Å². The van der Waals surface area contributed by atoms with Crippen LogP contribution >= 0.6 is 0 Å². The summed E-state index contributed by atoms with van der Waals surface area (Å²) in [7, 11) is -0.708. The summed E-state index contributed by atoms with van der Waals surface area (Å²) >= 11 is 0. The van der Waals surface area contributed by atoms with Crippen molar-refractivity contribution in [2.24, 2.45) is 0 Å². The molecule has 0 aromatic carbocycles. The summed E-state index contributed by atoms with van der Waals surface area (Å²) in [4.78, 5) is 13.9. The Morgan fingerprint density at radius 3 is 2.67 bits per heavy atom. The lowest BCUT2D eigenvalue weighted by atomic mass is 10.1. The fraction of sp³-hybridized carbons (Fsp3) is 0.933. The fourth-order valence-electron chi connectivity index (χ4n) is 2.33. The first kappa shape index (κ1) is 18.4. The van der Waals surface area contributed by atoms with Crippen molar-refractivity contribution in [2.75, 3.05) is 31.1 Å². The van der Waals surface area contributed by atoms with E-state index in [0.717, 1.165) is 44.6 Å². The molecule has 1 aliphatic rings. The highest BCUT2D eigenvalue weighted by atomic mass is 32.2. The summed E-state index contributed by atoms with van der Waals surface area (Å²) < 4.78 is 16.8. The molecular formula is C15H30N2O3S. The monoisotopic (exact) mass is 318 g/mol. The number of carbonyl (C=O) groups excluding carboxylic acids is 1. The predicted octanol–water partition coefficient (Wildman–Crippen LogP) is 2.13. The molecule has 0 radical (unpaired) electrons. The van der Waals surface area contributed by atoms with Crippen LogP contribution in [0.5, 0.6) is 0 Å². The van der Waals surface area contributed by atoms with Crippen LogP contribution in [0.1, 0.15) is 47.0 Å². The van der Waals surface area contributed by atoms with Crippen molar-refractivity contribution < 1.29 is 13.7 Å². The van der Waals surface area contributed by atoms with Crippen molar-refractivity contribution in [1.29, 1.82) is 0 Å². The van der Waals surface area contributed by atoms with E-state index < -0.39 is 16.4 Å². The number of hydrogen-bond donors (Lipinski definition) is 1. The first-order valence-electron chi connectivity index (χ1n) is 7.88. The maximum atomic E-state index is 12.1. The van der Waals surface area contributed by atoms with E-state index in [4.69, 9.17) is 4.74 Å². The highest BCUT2D eigenvalue weighted by Gasteiger charge is 2.24. The van der Waals surface area contributed by atoms with Gasteiger partial charge in [0.1, 0.15) is 5.60 Å². The van der Waals surface area contributed by atoms with Gasteiger partial charge in [-0.15, -0.1) is 0 Å². The van der Waals surface area contributed by atoms with Gasteiger partial charge in [0.15, 0.2) is 0 Å². The van der Waals surface area contributed by atoms with E-state index in [0.29, 0.717) is 11.8 Å². The molecule has 0 bridgehead atoms. The second-order valence-electron chi connectivity index (χ2n) is 6.48. The van der Waals surface area contributed by atoms with Gasteiger partial charge in [-0.3, -0.25) is 4.21 Å². The molecule has 5 nitrogen and oxygen atoms in total. The highest BCUT2D eigenvalue weighted by molar-refractivity contribution is 7.84. The summed E-state index contributed by atoms with van der Waals surface area (Å²) in [6.45, 7) is 9.89. The summed E-state index contributed by atoms with van der Waals surface area (Å²) in [6.07, 6.45) is 2.75. The lowest BCUT2D eigenvalue weighted by Gasteiger charge is -2.26. The molecule has 1 amide bonds. The van der Waals surface area contributed by atoms with Gasteiger partial charge < -0.3 is 15.0 Å². The highest BCUT2D eigenvalue weighted by Crippen LogP contribution is 2.15. The Bertz CT molecular complexity index is 355. The minimum atomic E-state index is -0.708. The molecule has 0 aromatic rings. The first-order valence-corrected chi connectivity index (χ1v) is 9.37. The average molecular weight is 318 g/mol. The van der Waals surface area contributed by atoms with Crippen molar-refractivity contribution in [3.63, 3.8) is 0 Å². The van der Waals surface area contributed by atoms with Crippen molar-refractivity contribution in [3.05, 3.63) is 0 Å². The number of nitrogens with zero attached hydrogens (tertiary/aromatic N) is 1. The van der Waals surface area contributed by atoms with Crippen LogP contribution in [0.2, 0.25) is 0 Å². The van der Waals surface area contributed by atoms with Crippen LogP contribution in [0.15, 0.2) is 0 Å². The van der Waals surface area contributed by atoms with Crippen LogP contribution in [0.25, 0.3) is 0 Å². The number of ether oxygens (including phenoxy) is 1. The quantitative estimate of drug-likeness (QED) is 0.844. The molecule has 1 rings (SSSR count). The zero-order valence-electron chi connectivity index (χ0n) is 13.8. The molecule has 0 saturated carbocycles. The lowest BCUT2D eigenvalue weighted by molar-refractivity contribution is 0.0256. The molecule has 21 heavy (non-hydrogen) atoms. The number of amides is 1. The maximum Gasteiger partial charge on any atom is 0.410 e. The lowest BCUT2D eigenvalue weighted by Crippen LogP contribution is -2.38. The zero-order valence-corrected chi connectivity index (χ0v) is 14.6. The van der Waals surface area contributed by atoms with E-state index in [1.165, 1.54) is 0 Å². The van der Waals surface area contributed by atoms with Gasteiger partial charge in [-0.25, -0.2) is 4.79 Å². The Morgan fingerprint density at radius 2 is 2.05 bits per heavy atom. The molecule has 0 aromatic heterocycles. The Hall–Kier alpha value is -0.620. The van der Waals surface area contributed by atoms with Crippen LogP contribution in [0.3, 0.4) is 0 Å². The van der Waals surface area contributed by atoms with E-state index in [1.54, 1.807) is 4.90 Å². The molecule has 6 heteroatoms. The Balaban J connectivity index is 2.33. The third-order valence-electron chi connectivity index (χ3n) is 3.46. The normalized spacial score (nSPS) is 21.7. The van der Waals surface area contributed by atoms with Crippen molar-refractivity contribution in [2.45, 2.75) is 58.6 Å². The van der Waals surface area contributed by atoms with Gasteiger partial charge in [-0.2, -0.15) is 0 Å². The number of likely N-dealkylation sites (tertiary alicyclic amines) is 1. The topological polar surface area (TPSA) is 58.6 Å². The van der Waals surface area contributed by atoms with E-state index in [2.05, 4.69) is 5.32 Å². The fourth-order valence-corrected chi connectivity index (χ4v) is 2.96. The van der Waals surface area contributed by atoms with Crippen molar-refractivity contribution in [1.82, 2.24) is 10.2 Å². The van der Waals surface area contributed by atoms with Gasteiger partial charge in [-0.05, 0) is 40.0 Å². The third-order valence-corrected chi connectivity index (χ3v) is 4.77. The van der Waals surface area contributed by atoms with Gasteiger partial charge in [0.2, 0.25) is 0 Å². The predicted molar refractivity (Wildman–Crippen MR) is 87.0 cm³/mol. The Labute approximate surface area is 131 Å². The van der Waals surface area contributed by atoms with E-state index in [9.17, 15) is 9.00 Å². The molecule has 1 N–H and O–H groups in total. The van der Waals surface area contributed by atoms with Crippen molar-refractivity contribution in [3.8, 4) is 0 Å². The molecule has 1 saturated heterocycles. The largest absolute Gasteiger partial charge is 0.444 e. The van der Waals surface area contributed by atoms with Gasteiger partial charge in [-0.1, -0.05) is 6.92 Å². The molecule has 0 aliphatic carbocycles. The summed E-state index contributed by atoms with van der Waals surface area (Å²) in [5.74, 6) is 1.43. The van der Waals surface area contributed by atoms with E-state index in [-0.39, 0.29) is 6.09 Å². The average Bonchev–Trinajstić information content (AvgIpc) is 2.62. The van der Waals surface area contributed by atoms with Crippen LogP contribution in [-0.2, 0) is 15.5 Å². The molecule has 124 valence electrons. The minimum Gasteiger partial charge on any atom is -0.444 e. The van der Waals surface area contributed by atoms with Crippen LogP contribution in [0, 0.1) is 0 Å². The molecular weight excluding hydrogens is 288 g/mol. The SMILES string of the molecule is CCS(=O)CCNC1CCCN(C(=O)OC(C)(C)C)CC1. The van der Waals surface area contributed by atoms with Gasteiger partial charge in [0, 0.05) is 48.0 Å². The number of rotatable bonds is 5. The number of carbonyl (C=O) groups is 1. The molecule has 0 spiro atoms. The maximum absolute atomic E-state index is 12.1. The third kappa shape index (κ3) is 7.81. The Kier molecular flexibility index (Phi) is 7.66. The van der Waals surface area contributed by atoms with Crippen LogP contribution < -0.4 is 5.32 Å². The van der Waals surface area contributed by atoms with E-state index >= 15 is 0 Å². The minimum absolute atomic E-state index is 0.213. The molecule has 2 atom stereocenters. The van der Waals surface area contributed by atoms with Gasteiger partial charge in [0.05, 0.1) is 0 Å². The molecule has 1 fully saturated rings. The summed E-state index contributed by atoms with van der Waals surface area (Å²) in [5.41, 5.74) is -0.439. The second-order valence-corrected chi connectivity index (χ2v) is 8.35. The smallest absolute Gasteiger partial charge is 0.410 e. The van der Waals surface area contributed by atoms with Gasteiger partial charge in [0.25, 0.3) is 0 Å².